The van der Waals surface area contributed by atoms with E-state index >= 15 is 0 Å². The molecular weight excluding hydrogens is 336 g/mol. The van der Waals surface area contributed by atoms with Gasteiger partial charge in [0.05, 0.1) is 6.54 Å². The van der Waals surface area contributed by atoms with Gasteiger partial charge in [-0.1, -0.05) is 19.3 Å². The zero-order valence-corrected chi connectivity index (χ0v) is 16.5. The van der Waals surface area contributed by atoms with Crippen LogP contribution in [0.25, 0.3) is 11.0 Å². The molecule has 0 unspecified atom stereocenters. The van der Waals surface area contributed by atoms with Gasteiger partial charge in [0.25, 0.3) is 0 Å². The molecule has 2 aromatic rings. The highest BCUT2D eigenvalue weighted by atomic mass is 16.2. The molecule has 2 aliphatic rings. The molecule has 5 nitrogen and oxygen atoms in total. The summed E-state index contributed by atoms with van der Waals surface area (Å²) in [6.07, 6.45) is 12.8. The number of rotatable bonds is 5. The number of nitrogens with zero attached hydrogens (tertiary/aromatic N) is 3. The minimum Gasteiger partial charge on any atom is -0.346 e. The first-order chi connectivity index (χ1) is 13.2. The van der Waals surface area contributed by atoms with E-state index < -0.39 is 0 Å². The maximum atomic E-state index is 12.6. The topological polar surface area (TPSA) is 52.2 Å². The van der Waals surface area contributed by atoms with Crippen molar-refractivity contribution >= 4 is 16.9 Å². The Morgan fingerprint density at radius 1 is 1.22 bits per heavy atom. The van der Waals surface area contributed by atoms with Crippen LogP contribution in [0.15, 0.2) is 24.5 Å². The van der Waals surface area contributed by atoms with Gasteiger partial charge in [0.15, 0.2) is 0 Å². The molecule has 5 heteroatoms. The van der Waals surface area contributed by atoms with E-state index in [9.17, 15) is 4.79 Å². The molecule has 2 aromatic heterocycles. The van der Waals surface area contributed by atoms with E-state index in [-0.39, 0.29) is 5.91 Å². The zero-order valence-electron chi connectivity index (χ0n) is 16.5. The highest BCUT2D eigenvalue weighted by Crippen LogP contribution is 2.32. The van der Waals surface area contributed by atoms with Crippen LogP contribution in [0.4, 0.5) is 0 Å². The SMILES string of the molecule is CN(CC1CCCCC1)C(=O)CN1CCC(c2c[nH]c3ncccc23)CC1. The third-order valence-corrected chi connectivity index (χ3v) is 6.55. The molecule has 1 amide bonds. The van der Waals surface area contributed by atoms with Gasteiger partial charge in [-0.15, -0.1) is 0 Å². The first-order valence-electron chi connectivity index (χ1n) is 10.6. The Kier molecular flexibility index (Phi) is 5.77. The first-order valence-corrected chi connectivity index (χ1v) is 10.6. The Labute approximate surface area is 162 Å². The van der Waals surface area contributed by atoms with Crippen molar-refractivity contribution in [1.82, 2.24) is 19.8 Å². The van der Waals surface area contributed by atoms with Crippen LogP contribution < -0.4 is 0 Å². The summed E-state index contributed by atoms with van der Waals surface area (Å²) < 4.78 is 0. The molecule has 146 valence electrons. The number of H-pyrrole nitrogens is 1. The lowest BCUT2D eigenvalue weighted by Crippen LogP contribution is -2.43. The van der Waals surface area contributed by atoms with Crippen LogP contribution in [0.5, 0.6) is 0 Å². The Hall–Kier alpha value is -1.88. The number of aromatic nitrogens is 2. The normalized spacial score (nSPS) is 20.2. The van der Waals surface area contributed by atoms with E-state index in [1.807, 2.05) is 24.2 Å². The molecule has 4 rings (SSSR count). The predicted octanol–water partition coefficient (Wildman–Crippen LogP) is 3.78. The Morgan fingerprint density at radius 2 is 2.00 bits per heavy atom. The summed E-state index contributed by atoms with van der Waals surface area (Å²) in [5.41, 5.74) is 2.37. The van der Waals surface area contributed by atoms with Crippen molar-refractivity contribution in [2.24, 2.45) is 5.92 Å². The Bertz CT molecular complexity index is 757. The van der Waals surface area contributed by atoms with Gasteiger partial charge in [-0.2, -0.15) is 0 Å². The van der Waals surface area contributed by atoms with Crippen LogP contribution in [0.3, 0.4) is 0 Å². The monoisotopic (exact) mass is 368 g/mol. The average Bonchev–Trinajstić information content (AvgIpc) is 3.13. The van der Waals surface area contributed by atoms with Gasteiger partial charge in [0.2, 0.25) is 5.91 Å². The van der Waals surface area contributed by atoms with E-state index in [1.165, 1.54) is 43.1 Å². The van der Waals surface area contributed by atoms with Gasteiger partial charge >= 0.3 is 0 Å². The molecule has 0 aromatic carbocycles. The number of carbonyl (C=O) groups excluding carboxylic acids is 1. The fourth-order valence-electron chi connectivity index (χ4n) is 4.89. The number of piperidine rings is 1. The highest BCUT2D eigenvalue weighted by Gasteiger charge is 2.25. The summed E-state index contributed by atoms with van der Waals surface area (Å²) in [6.45, 7) is 3.52. The van der Waals surface area contributed by atoms with Crippen LogP contribution in [0.2, 0.25) is 0 Å². The lowest BCUT2D eigenvalue weighted by Gasteiger charge is -2.33. The molecule has 0 spiro atoms. The number of hydrogen-bond donors (Lipinski definition) is 1. The molecule has 1 saturated heterocycles. The van der Waals surface area contributed by atoms with Crippen LogP contribution in [-0.4, -0.2) is 58.9 Å². The predicted molar refractivity (Wildman–Crippen MR) is 109 cm³/mol. The number of carbonyl (C=O) groups is 1. The molecule has 1 aliphatic carbocycles. The smallest absolute Gasteiger partial charge is 0.236 e. The van der Waals surface area contributed by atoms with Gasteiger partial charge in [-0.25, -0.2) is 4.98 Å². The van der Waals surface area contributed by atoms with Crippen molar-refractivity contribution in [2.75, 3.05) is 33.2 Å². The number of pyridine rings is 1. The average molecular weight is 369 g/mol. The van der Waals surface area contributed by atoms with Gasteiger partial charge in [-0.3, -0.25) is 9.69 Å². The van der Waals surface area contributed by atoms with Crippen molar-refractivity contribution in [1.29, 1.82) is 0 Å². The van der Waals surface area contributed by atoms with Crippen LogP contribution in [-0.2, 0) is 4.79 Å². The number of hydrogen-bond acceptors (Lipinski definition) is 3. The van der Waals surface area contributed by atoms with E-state index in [0.717, 1.165) is 38.1 Å². The van der Waals surface area contributed by atoms with Crippen LogP contribution in [0.1, 0.15) is 56.4 Å². The summed E-state index contributed by atoms with van der Waals surface area (Å²) in [4.78, 5) is 24.7. The number of aromatic amines is 1. The molecule has 1 aliphatic heterocycles. The van der Waals surface area contributed by atoms with Crippen molar-refractivity contribution in [2.45, 2.75) is 50.9 Å². The summed E-state index contributed by atoms with van der Waals surface area (Å²) in [5, 5.41) is 1.25. The third-order valence-electron chi connectivity index (χ3n) is 6.55. The van der Waals surface area contributed by atoms with Gasteiger partial charge in [0, 0.05) is 31.4 Å². The fraction of sp³-hybridized carbons (Fsp3) is 0.636. The highest BCUT2D eigenvalue weighted by molar-refractivity contribution is 5.80. The molecule has 1 N–H and O–H groups in total. The van der Waals surface area contributed by atoms with Gasteiger partial charge in [0.1, 0.15) is 5.65 Å². The first kappa shape index (κ1) is 18.5. The maximum absolute atomic E-state index is 12.6. The Balaban J connectivity index is 1.27. The van der Waals surface area contributed by atoms with Gasteiger partial charge < -0.3 is 9.88 Å². The van der Waals surface area contributed by atoms with Crippen molar-refractivity contribution in [3.05, 3.63) is 30.1 Å². The van der Waals surface area contributed by atoms with E-state index in [1.54, 1.807) is 0 Å². The standard InChI is InChI=1S/C22H32N4O/c1-25(15-17-6-3-2-4-7-17)21(27)16-26-12-9-18(10-13-26)20-14-24-22-19(20)8-5-11-23-22/h5,8,11,14,17-18H,2-4,6-7,9-10,12-13,15-16H2,1H3,(H,23,24). The minimum atomic E-state index is 0.287. The van der Waals surface area contributed by atoms with E-state index in [4.69, 9.17) is 0 Å². The second-order valence-electron chi connectivity index (χ2n) is 8.47. The minimum absolute atomic E-state index is 0.287. The van der Waals surface area contributed by atoms with Crippen molar-refractivity contribution in [3.8, 4) is 0 Å². The van der Waals surface area contributed by atoms with E-state index in [2.05, 4.69) is 27.1 Å². The number of amides is 1. The Morgan fingerprint density at radius 3 is 2.78 bits per heavy atom. The summed E-state index contributed by atoms with van der Waals surface area (Å²) in [6, 6.07) is 4.17. The third kappa shape index (κ3) is 4.34. The largest absolute Gasteiger partial charge is 0.346 e. The van der Waals surface area contributed by atoms with Gasteiger partial charge in [-0.05, 0) is 68.3 Å². The van der Waals surface area contributed by atoms with Crippen molar-refractivity contribution in [3.63, 3.8) is 0 Å². The molecular formula is C22H32N4O. The number of fused-ring (bicyclic) bond motifs is 1. The summed E-state index contributed by atoms with van der Waals surface area (Å²) >= 11 is 0. The second kappa shape index (κ2) is 8.42. The van der Waals surface area contributed by atoms with Crippen LogP contribution in [0, 0.1) is 5.92 Å². The quantitative estimate of drug-likeness (QED) is 0.874. The number of likely N-dealkylation sites (N-methyl/N-ethyl adjacent to an activating group) is 1. The molecule has 0 bridgehead atoms. The lowest BCUT2D eigenvalue weighted by atomic mass is 9.89. The lowest BCUT2D eigenvalue weighted by molar-refractivity contribution is -0.132. The number of likely N-dealkylation sites (tertiary alicyclic amines) is 1. The maximum Gasteiger partial charge on any atom is 0.236 e. The second-order valence-corrected chi connectivity index (χ2v) is 8.47. The molecule has 1 saturated carbocycles. The summed E-state index contributed by atoms with van der Waals surface area (Å²) in [5.74, 6) is 1.57. The van der Waals surface area contributed by atoms with Crippen LogP contribution >= 0.6 is 0 Å². The molecule has 0 radical (unpaired) electrons. The number of nitrogens with one attached hydrogen (secondary N) is 1. The molecule has 27 heavy (non-hydrogen) atoms. The van der Waals surface area contributed by atoms with E-state index in [0.29, 0.717) is 18.4 Å². The zero-order chi connectivity index (χ0) is 18.6. The fourth-order valence-corrected chi connectivity index (χ4v) is 4.89. The molecule has 2 fully saturated rings. The molecule has 0 atom stereocenters. The molecule has 3 heterocycles. The van der Waals surface area contributed by atoms with Crippen molar-refractivity contribution < 1.29 is 4.79 Å². The summed E-state index contributed by atoms with van der Waals surface area (Å²) in [7, 11) is 1.99.